The summed E-state index contributed by atoms with van der Waals surface area (Å²) < 4.78 is 0. The van der Waals surface area contributed by atoms with Gasteiger partial charge in [-0.05, 0) is 19.2 Å². The van der Waals surface area contributed by atoms with Crippen molar-refractivity contribution in [1.29, 1.82) is 0 Å². The number of benzene rings is 1. The van der Waals surface area contributed by atoms with E-state index in [2.05, 4.69) is 22.3 Å². The Hall–Kier alpha value is -0.970. The highest BCUT2D eigenvalue weighted by Crippen LogP contribution is 2.15. The predicted octanol–water partition coefficient (Wildman–Crippen LogP) is 1.40. The Morgan fingerprint density at radius 1 is 1.11 bits per heavy atom. The molecule has 0 aromatic heterocycles. The number of rotatable bonds is 3. The van der Waals surface area contributed by atoms with Crippen molar-refractivity contribution < 1.29 is 4.79 Å². The van der Waals surface area contributed by atoms with Gasteiger partial charge in [0.2, 0.25) is 5.91 Å². The summed E-state index contributed by atoms with van der Waals surface area (Å²) in [4.78, 5) is 15.9. The third-order valence-corrected chi connectivity index (χ3v) is 3.08. The number of nitrogens with one attached hydrogen (secondary N) is 1. The van der Waals surface area contributed by atoms with Gasteiger partial charge in [-0.15, -0.1) is 24.8 Å². The molecule has 1 saturated heterocycles. The van der Waals surface area contributed by atoms with Crippen molar-refractivity contribution in [3.63, 3.8) is 0 Å². The van der Waals surface area contributed by atoms with E-state index in [0.29, 0.717) is 6.54 Å². The van der Waals surface area contributed by atoms with Crippen molar-refractivity contribution in [2.75, 3.05) is 44.7 Å². The van der Waals surface area contributed by atoms with Gasteiger partial charge in [0.1, 0.15) is 0 Å². The predicted molar refractivity (Wildman–Crippen MR) is 83.7 cm³/mol. The minimum Gasteiger partial charge on any atom is -0.368 e. The Kier molecular flexibility index (Phi) is 8.56. The molecule has 0 radical (unpaired) electrons. The van der Waals surface area contributed by atoms with Gasteiger partial charge in [-0.2, -0.15) is 0 Å². The van der Waals surface area contributed by atoms with Gasteiger partial charge < -0.3 is 15.1 Å². The highest BCUT2D eigenvalue weighted by Gasteiger charge is 2.20. The highest BCUT2D eigenvalue weighted by molar-refractivity contribution is 5.85. The van der Waals surface area contributed by atoms with Crippen molar-refractivity contribution in [3.05, 3.63) is 30.3 Å². The number of hydrogen-bond donors (Lipinski definition) is 1. The topological polar surface area (TPSA) is 35.6 Å². The summed E-state index contributed by atoms with van der Waals surface area (Å²) in [6, 6.07) is 10.4. The maximum absolute atomic E-state index is 11.7. The van der Waals surface area contributed by atoms with Crippen LogP contribution in [0.5, 0.6) is 0 Å². The molecule has 1 fully saturated rings. The summed E-state index contributed by atoms with van der Waals surface area (Å²) in [6.07, 6.45) is 0. The summed E-state index contributed by atoms with van der Waals surface area (Å²) >= 11 is 0. The van der Waals surface area contributed by atoms with Crippen LogP contribution in [0.3, 0.4) is 0 Å². The normalized spacial score (nSPS) is 14.4. The first-order chi connectivity index (χ1) is 8.31. The van der Waals surface area contributed by atoms with Crippen molar-refractivity contribution in [2.24, 2.45) is 0 Å². The fourth-order valence-corrected chi connectivity index (χ4v) is 2.12. The van der Waals surface area contributed by atoms with Gasteiger partial charge in [-0.1, -0.05) is 18.2 Å². The van der Waals surface area contributed by atoms with E-state index in [1.807, 2.05) is 23.1 Å². The molecule has 0 atom stereocenters. The van der Waals surface area contributed by atoms with Gasteiger partial charge in [0, 0.05) is 31.9 Å². The van der Waals surface area contributed by atoms with Gasteiger partial charge in [-0.3, -0.25) is 4.79 Å². The van der Waals surface area contributed by atoms with E-state index in [4.69, 9.17) is 0 Å². The van der Waals surface area contributed by atoms with Crippen molar-refractivity contribution >= 4 is 36.4 Å². The SMILES string of the molecule is CNCC(=O)N1CCN(c2ccccc2)CC1.Cl.Cl. The third-order valence-electron chi connectivity index (χ3n) is 3.08. The largest absolute Gasteiger partial charge is 0.368 e. The first-order valence-corrected chi connectivity index (χ1v) is 6.03. The Morgan fingerprint density at radius 2 is 1.68 bits per heavy atom. The molecule has 1 N–H and O–H groups in total. The Labute approximate surface area is 127 Å². The van der Waals surface area contributed by atoms with Crippen molar-refractivity contribution in [1.82, 2.24) is 10.2 Å². The minimum absolute atomic E-state index is 0. The van der Waals surface area contributed by atoms with Crippen LogP contribution >= 0.6 is 24.8 Å². The number of halogens is 2. The average molecular weight is 306 g/mol. The number of anilines is 1. The number of nitrogens with zero attached hydrogens (tertiary/aromatic N) is 2. The van der Waals surface area contributed by atoms with Crippen molar-refractivity contribution in [2.45, 2.75) is 0 Å². The van der Waals surface area contributed by atoms with E-state index in [1.54, 1.807) is 7.05 Å². The Bertz CT molecular complexity index is 367. The maximum atomic E-state index is 11.7. The summed E-state index contributed by atoms with van der Waals surface area (Å²) in [5, 5.41) is 2.90. The minimum atomic E-state index is 0. The number of amides is 1. The number of piperazine rings is 1. The molecular formula is C13H21Cl2N3O. The van der Waals surface area contributed by atoms with Crippen LogP contribution in [0.2, 0.25) is 0 Å². The van der Waals surface area contributed by atoms with Crippen LogP contribution in [0.25, 0.3) is 0 Å². The quantitative estimate of drug-likeness (QED) is 0.917. The fraction of sp³-hybridized carbons (Fsp3) is 0.462. The van der Waals surface area contributed by atoms with E-state index in [-0.39, 0.29) is 30.7 Å². The van der Waals surface area contributed by atoms with E-state index in [0.717, 1.165) is 26.2 Å². The lowest BCUT2D eigenvalue weighted by Gasteiger charge is -2.36. The van der Waals surface area contributed by atoms with Crippen LogP contribution in [0.4, 0.5) is 5.69 Å². The number of likely N-dealkylation sites (N-methyl/N-ethyl adjacent to an activating group) is 1. The zero-order valence-corrected chi connectivity index (χ0v) is 12.7. The molecule has 1 amide bonds. The van der Waals surface area contributed by atoms with Gasteiger partial charge in [0.15, 0.2) is 0 Å². The molecule has 1 aliphatic heterocycles. The number of carbonyl (C=O) groups excluding carboxylic acids is 1. The Morgan fingerprint density at radius 3 is 2.21 bits per heavy atom. The van der Waals surface area contributed by atoms with Gasteiger partial charge in [0.05, 0.1) is 6.54 Å². The first-order valence-electron chi connectivity index (χ1n) is 6.03. The molecule has 0 unspecified atom stereocenters. The molecule has 6 heteroatoms. The molecule has 4 nitrogen and oxygen atoms in total. The van der Waals surface area contributed by atoms with E-state index in [1.165, 1.54) is 5.69 Å². The molecule has 0 saturated carbocycles. The monoisotopic (exact) mass is 305 g/mol. The number of carbonyl (C=O) groups is 1. The number of hydrogen-bond acceptors (Lipinski definition) is 3. The van der Waals surface area contributed by atoms with Gasteiger partial charge in [-0.25, -0.2) is 0 Å². The Balaban J connectivity index is 0.00000162. The molecule has 19 heavy (non-hydrogen) atoms. The van der Waals surface area contributed by atoms with E-state index >= 15 is 0 Å². The second kappa shape index (κ2) is 9.02. The maximum Gasteiger partial charge on any atom is 0.236 e. The molecule has 1 aromatic carbocycles. The molecular weight excluding hydrogens is 285 g/mol. The van der Waals surface area contributed by atoms with Crippen LogP contribution < -0.4 is 10.2 Å². The van der Waals surface area contributed by atoms with Crippen molar-refractivity contribution in [3.8, 4) is 0 Å². The third kappa shape index (κ3) is 4.90. The zero-order valence-electron chi connectivity index (χ0n) is 11.0. The fourth-order valence-electron chi connectivity index (χ4n) is 2.12. The highest BCUT2D eigenvalue weighted by atomic mass is 35.5. The molecule has 1 heterocycles. The molecule has 0 bridgehead atoms. The number of para-hydroxylation sites is 1. The van der Waals surface area contributed by atoms with Crippen LogP contribution in [-0.4, -0.2) is 50.6 Å². The van der Waals surface area contributed by atoms with E-state index < -0.39 is 0 Å². The lowest BCUT2D eigenvalue weighted by atomic mass is 10.2. The smallest absolute Gasteiger partial charge is 0.236 e. The summed E-state index contributed by atoms with van der Waals surface area (Å²) in [5.41, 5.74) is 1.24. The zero-order chi connectivity index (χ0) is 12.1. The first kappa shape index (κ1) is 18.0. The molecule has 1 aromatic rings. The lowest BCUT2D eigenvalue weighted by Crippen LogP contribution is -2.50. The van der Waals surface area contributed by atoms with E-state index in [9.17, 15) is 4.79 Å². The lowest BCUT2D eigenvalue weighted by molar-refractivity contribution is -0.130. The second-order valence-electron chi connectivity index (χ2n) is 4.23. The summed E-state index contributed by atoms with van der Waals surface area (Å²) in [5.74, 6) is 0.195. The van der Waals surface area contributed by atoms with Crippen LogP contribution in [0.15, 0.2) is 30.3 Å². The standard InChI is InChI=1S/C13H19N3O.2ClH/c1-14-11-13(17)16-9-7-15(8-10-16)12-5-3-2-4-6-12;;/h2-6,14H,7-11H2,1H3;2*1H. The molecule has 2 rings (SSSR count). The summed E-state index contributed by atoms with van der Waals surface area (Å²) in [7, 11) is 1.80. The molecule has 1 aliphatic rings. The molecule has 0 spiro atoms. The van der Waals surface area contributed by atoms with Crippen LogP contribution in [-0.2, 0) is 4.79 Å². The van der Waals surface area contributed by atoms with Crippen LogP contribution in [0.1, 0.15) is 0 Å². The summed E-state index contributed by atoms with van der Waals surface area (Å²) in [6.45, 7) is 3.90. The molecule has 0 aliphatic carbocycles. The van der Waals surface area contributed by atoms with Gasteiger partial charge in [0.25, 0.3) is 0 Å². The second-order valence-corrected chi connectivity index (χ2v) is 4.23. The van der Waals surface area contributed by atoms with Gasteiger partial charge >= 0.3 is 0 Å². The average Bonchev–Trinajstić information content (AvgIpc) is 2.40. The molecule has 108 valence electrons. The van der Waals surface area contributed by atoms with Crippen LogP contribution in [0, 0.1) is 0 Å².